The zero-order valence-corrected chi connectivity index (χ0v) is 3.94. The van der Waals surface area contributed by atoms with Gasteiger partial charge < -0.3 is 5.41 Å². The second-order valence-electron chi connectivity index (χ2n) is 1.00. The molecule has 1 N–H and O–H groups in total. The zero-order chi connectivity index (χ0) is 4.83. The third-order valence-electron chi connectivity index (χ3n) is 0.468. The molecule has 6 heavy (non-hydrogen) atoms. The molecule has 0 aromatic carbocycles. The maximum Gasteiger partial charge on any atom is 0.0174 e. The highest BCUT2D eigenvalue weighted by Crippen LogP contribution is 1.73. The average molecular weight is 83.1 g/mol. The Balaban J connectivity index is 2.94. The Bertz CT molecular complexity index is 55.0. The summed E-state index contributed by atoms with van der Waals surface area (Å²) in [6, 6.07) is 0. The van der Waals surface area contributed by atoms with Crippen molar-refractivity contribution in [2.24, 2.45) is 0 Å². The lowest BCUT2D eigenvalue weighted by Crippen LogP contribution is -1.54. The quantitative estimate of drug-likeness (QED) is 0.490. The van der Waals surface area contributed by atoms with E-state index >= 15 is 0 Å². The molecule has 0 fully saturated rings. The minimum Gasteiger partial charge on any atom is -0.309 e. The molecule has 0 bridgehead atoms. The molecule has 0 spiro atoms. The Morgan fingerprint density at radius 3 is 2.50 bits per heavy atom. The molecule has 0 aliphatic rings. The fraction of sp³-hybridized carbons (Fsp3) is 0.400. The molecule has 0 aromatic heterocycles. The second kappa shape index (κ2) is 4.41. The number of hydrogen-bond acceptors (Lipinski definition) is 1. The van der Waals surface area contributed by atoms with E-state index in [-0.39, 0.29) is 0 Å². The van der Waals surface area contributed by atoms with E-state index in [4.69, 9.17) is 5.41 Å². The van der Waals surface area contributed by atoms with Crippen molar-refractivity contribution in [2.75, 3.05) is 0 Å². The van der Waals surface area contributed by atoms with Crippen molar-refractivity contribution < 1.29 is 0 Å². The van der Waals surface area contributed by atoms with E-state index in [1.165, 1.54) is 6.21 Å². The van der Waals surface area contributed by atoms with Crippen molar-refractivity contribution in [1.29, 1.82) is 5.41 Å². The Hall–Kier alpha value is -0.590. The van der Waals surface area contributed by atoms with Crippen LogP contribution in [0.5, 0.6) is 0 Å². The molecule has 0 unspecified atom stereocenters. The molecule has 0 rings (SSSR count). The zero-order valence-electron chi connectivity index (χ0n) is 3.94. The molecule has 1 nitrogen and oxygen atoms in total. The summed E-state index contributed by atoms with van der Waals surface area (Å²) < 4.78 is 0. The molecular weight excluding hydrogens is 74.1 g/mol. The van der Waals surface area contributed by atoms with Gasteiger partial charge >= 0.3 is 0 Å². The van der Waals surface area contributed by atoms with Gasteiger partial charge in [-0.2, -0.15) is 0 Å². The second-order valence-corrected chi connectivity index (χ2v) is 1.00. The summed E-state index contributed by atoms with van der Waals surface area (Å²) in [7, 11) is 0. The van der Waals surface area contributed by atoms with Gasteiger partial charge in [-0.3, -0.25) is 0 Å². The summed E-state index contributed by atoms with van der Waals surface area (Å²) in [5.41, 5.74) is 0. The molecule has 0 aromatic rings. The first kappa shape index (κ1) is 5.41. The van der Waals surface area contributed by atoms with Gasteiger partial charge in [0.1, 0.15) is 0 Å². The lowest BCUT2D eigenvalue weighted by atomic mass is 10.4. The number of rotatable bonds is 2. The van der Waals surface area contributed by atoms with Crippen molar-refractivity contribution in [3.63, 3.8) is 0 Å². The van der Waals surface area contributed by atoms with Crippen LogP contribution in [0.25, 0.3) is 0 Å². The molecule has 0 atom stereocenters. The van der Waals surface area contributed by atoms with Crippen LogP contribution in [0, 0.1) is 5.41 Å². The van der Waals surface area contributed by atoms with E-state index in [0.29, 0.717) is 0 Å². The average Bonchev–Trinajstić information content (AvgIpc) is 1.61. The van der Waals surface area contributed by atoms with Crippen LogP contribution in [0.15, 0.2) is 12.2 Å². The first-order valence-corrected chi connectivity index (χ1v) is 2.07. The fourth-order valence-electron chi connectivity index (χ4n) is 0.204. The highest BCUT2D eigenvalue weighted by atomic mass is 14.3. The standard InChI is InChI=1S/C5H9N/c1-2-3-4-5-6/h3-6H,2H2,1H3. The van der Waals surface area contributed by atoms with Crippen molar-refractivity contribution in [1.82, 2.24) is 0 Å². The van der Waals surface area contributed by atoms with Crippen molar-refractivity contribution in [3.8, 4) is 0 Å². The number of hydrogen-bond donors (Lipinski definition) is 1. The SMILES string of the molecule is CCC=CC=N. The summed E-state index contributed by atoms with van der Waals surface area (Å²) in [6.45, 7) is 2.04. The van der Waals surface area contributed by atoms with Crippen LogP contribution < -0.4 is 0 Å². The lowest BCUT2D eigenvalue weighted by Gasteiger charge is -1.66. The van der Waals surface area contributed by atoms with Gasteiger partial charge in [0.2, 0.25) is 0 Å². The lowest BCUT2D eigenvalue weighted by molar-refractivity contribution is 1.23. The summed E-state index contributed by atoms with van der Waals surface area (Å²) in [5, 5.41) is 6.49. The molecule has 1 heteroatoms. The van der Waals surface area contributed by atoms with Gasteiger partial charge in [0.05, 0.1) is 0 Å². The smallest absolute Gasteiger partial charge is 0.0174 e. The third-order valence-corrected chi connectivity index (χ3v) is 0.468. The molecule has 0 amide bonds. The molecule has 0 heterocycles. The van der Waals surface area contributed by atoms with Crippen LogP contribution in [0.1, 0.15) is 13.3 Å². The van der Waals surface area contributed by atoms with E-state index in [2.05, 4.69) is 0 Å². The number of allylic oxidation sites excluding steroid dienone is 2. The largest absolute Gasteiger partial charge is 0.309 e. The van der Waals surface area contributed by atoms with Gasteiger partial charge in [-0.05, 0) is 12.5 Å². The summed E-state index contributed by atoms with van der Waals surface area (Å²) in [5.74, 6) is 0. The maximum atomic E-state index is 6.49. The molecule has 0 radical (unpaired) electrons. The van der Waals surface area contributed by atoms with Gasteiger partial charge in [-0.15, -0.1) is 0 Å². The van der Waals surface area contributed by atoms with Crippen molar-refractivity contribution in [3.05, 3.63) is 12.2 Å². The van der Waals surface area contributed by atoms with Crippen LogP contribution >= 0.6 is 0 Å². The molecule has 0 aliphatic heterocycles. The highest BCUT2D eigenvalue weighted by molar-refractivity contribution is 5.67. The predicted molar refractivity (Wildman–Crippen MR) is 28.2 cm³/mol. The fourth-order valence-corrected chi connectivity index (χ4v) is 0.204. The monoisotopic (exact) mass is 83.1 g/mol. The van der Waals surface area contributed by atoms with Crippen LogP contribution in [0.2, 0.25) is 0 Å². The van der Waals surface area contributed by atoms with Gasteiger partial charge in [-0.1, -0.05) is 13.0 Å². The minimum atomic E-state index is 1.02. The van der Waals surface area contributed by atoms with Crippen LogP contribution in [0.3, 0.4) is 0 Å². The van der Waals surface area contributed by atoms with Crippen molar-refractivity contribution in [2.45, 2.75) is 13.3 Å². The van der Waals surface area contributed by atoms with E-state index < -0.39 is 0 Å². The Labute approximate surface area is 38.2 Å². The van der Waals surface area contributed by atoms with Gasteiger partial charge in [0, 0.05) is 6.21 Å². The van der Waals surface area contributed by atoms with E-state index in [1.807, 2.05) is 13.0 Å². The predicted octanol–water partition coefficient (Wildman–Crippen LogP) is 1.60. The first-order valence-electron chi connectivity index (χ1n) is 2.07. The van der Waals surface area contributed by atoms with E-state index in [1.54, 1.807) is 6.08 Å². The molecule has 0 saturated heterocycles. The van der Waals surface area contributed by atoms with Gasteiger partial charge in [-0.25, -0.2) is 0 Å². The van der Waals surface area contributed by atoms with Crippen LogP contribution in [0.4, 0.5) is 0 Å². The van der Waals surface area contributed by atoms with Gasteiger partial charge in [0.15, 0.2) is 0 Å². The highest BCUT2D eigenvalue weighted by Gasteiger charge is 1.56. The van der Waals surface area contributed by atoms with Crippen molar-refractivity contribution >= 4 is 6.21 Å². The number of nitrogens with one attached hydrogen (secondary N) is 1. The third kappa shape index (κ3) is 3.41. The van der Waals surface area contributed by atoms with Crippen LogP contribution in [-0.4, -0.2) is 6.21 Å². The molecular formula is C5H9N. The van der Waals surface area contributed by atoms with Crippen LogP contribution in [-0.2, 0) is 0 Å². The Morgan fingerprint density at radius 1 is 1.67 bits per heavy atom. The summed E-state index contributed by atoms with van der Waals surface area (Å²) in [6.07, 6.45) is 5.96. The van der Waals surface area contributed by atoms with Gasteiger partial charge in [0.25, 0.3) is 0 Å². The molecule has 0 aliphatic carbocycles. The normalized spacial score (nSPS) is 9.50. The summed E-state index contributed by atoms with van der Waals surface area (Å²) in [4.78, 5) is 0. The topological polar surface area (TPSA) is 23.9 Å². The van der Waals surface area contributed by atoms with E-state index in [0.717, 1.165) is 6.42 Å². The minimum absolute atomic E-state index is 1.02. The molecule has 0 saturated carbocycles. The Morgan fingerprint density at radius 2 is 2.33 bits per heavy atom. The maximum absolute atomic E-state index is 6.49. The first-order chi connectivity index (χ1) is 2.91. The summed E-state index contributed by atoms with van der Waals surface area (Å²) >= 11 is 0. The Kier molecular flexibility index (Phi) is 3.98. The van der Waals surface area contributed by atoms with E-state index in [9.17, 15) is 0 Å². The molecule has 34 valence electrons.